The number of nitrogens with two attached hydrogens (primary N) is 1. The molecule has 0 aliphatic rings. The van der Waals surface area contributed by atoms with Crippen LogP contribution in [0.5, 0.6) is 5.75 Å². The molecule has 1 aromatic rings. The van der Waals surface area contributed by atoms with Gasteiger partial charge in [-0.25, -0.2) is 0 Å². The second kappa shape index (κ2) is 8.58. The molecular weight excluding hydrogens is 276 g/mol. The van der Waals surface area contributed by atoms with E-state index in [4.69, 9.17) is 15.2 Å². The third-order valence-electron chi connectivity index (χ3n) is 3.02. The van der Waals surface area contributed by atoms with E-state index in [1.54, 1.807) is 12.1 Å². The lowest BCUT2D eigenvalue weighted by molar-refractivity contribution is -0.163. The number of hydrogen-bond acceptors (Lipinski definition) is 6. The van der Waals surface area contributed by atoms with E-state index in [2.05, 4.69) is 5.32 Å². The zero-order valence-corrected chi connectivity index (χ0v) is 12.2. The third-order valence-corrected chi connectivity index (χ3v) is 3.02. The van der Waals surface area contributed by atoms with E-state index in [9.17, 15) is 15.0 Å². The highest BCUT2D eigenvalue weighted by Crippen LogP contribution is 2.22. The quantitative estimate of drug-likeness (QED) is 0.481. The Bertz CT molecular complexity index is 463. The van der Waals surface area contributed by atoms with Gasteiger partial charge in [0.15, 0.2) is 6.29 Å². The van der Waals surface area contributed by atoms with Gasteiger partial charge in [0.2, 0.25) is 5.91 Å². The zero-order valence-electron chi connectivity index (χ0n) is 12.2. The number of aliphatic hydroxyl groups is 1. The molecule has 1 aromatic carbocycles. The fraction of sp³-hybridized carbons (Fsp3) is 0.500. The first-order valence-electron chi connectivity index (χ1n) is 6.53. The number of nitrogens with one attached hydrogen (secondary N) is 1. The molecule has 7 heteroatoms. The number of aromatic hydroxyl groups is 1. The van der Waals surface area contributed by atoms with Crippen molar-refractivity contribution in [1.29, 1.82) is 0 Å². The van der Waals surface area contributed by atoms with Crippen LogP contribution in [-0.4, -0.2) is 49.4 Å². The van der Waals surface area contributed by atoms with Gasteiger partial charge in [-0.15, -0.1) is 0 Å². The number of methoxy groups -OCH3 is 2. The van der Waals surface area contributed by atoms with Crippen molar-refractivity contribution in [3.05, 3.63) is 29.3 Å². The van der Waals surface area contributed by atoms with Gasteiger partial charge in [0.1, 0.15) is 11.9 Å². The fourth-order valence-electron chi connectivity index (χ4n) is 1.99. The number of hydrogen-bond donors (Lipinski definition) is 4. The van der Waals surface area contributed by atoms with Crippen LogP contribution in [0.2, 0.25) is 0 Å². The molecule has 0 heterocycles. The average molecular weight is 298 g/mol. The Morgan fingerprint density at radius 3 is 2.57 bits per heavy atom. The van der Waals surface area contributed by atoms with Gasteiger partial charge in [0, 0.05) is 20.6 Å². The molecule has 0 aliphatic heterocycles. The molecule has 0 aliphatic carbocycles. The molecule has 0 aromatic heterocycles. The van der Waals surface area contributed by atoms with E-state index in [1.165, 1.54) is 20.3 Å². The van der Waals surface area contributed by atoms with Crippen LogP contribution in [0.1, 0.15) is 11.1 Å². The first-order chi connectivity index (χ1) is 10.0. The van der Waals surface area contributed by atoms with E-state index in [0.29, 0.717) is 11.1 Å². The number of benzene rings is 1. The molecule has 1 atom stereocenters. The maximum atomic E-state index is 11.4. The number of carbonyl (C=O) groups excluding carboxylic acids is 1. The molecule has 0 saturated carbocycles. The Labute approximate surface area is 123 Å². The molecule has 5 N–H and O–H groups in total. The summed E-state index contributed by atoms with van der Waals surface area (Å²) in [6.07, 6.45) is -1.36. The van der Waals surface area contributed by atoms with Crippen LogP contribution in [-0.2, 0) is 27.1 Å². The minimum absolute atomic E-state index is 0.0121. The minimum atomic E-state index is -0.905. The summed E-state index contributed by atoms with van der Waals surface area (Å²) in [7, 11) is 2.85. The molecule has 21 heavy (non-hydrogen) atoms. The monoisotopic (exact) mass is 298 g/mol. The summed E-state index contributed by atoms with van der Waals surface area (Å²) in [5.74, 6) is -0.207. The number of phenolic OH excluding ortho intramolecular Hbond substituents is 1. The molecule has 1 rings (SSSR count). The number of ether oxygens (including phenoxy) is 2. The molecule has 0 fully saturated rings. The largest absolute Gasteiger partial charge is 0.508 e. The van der Waals surface area contributed by atoms with Gasteiger partial charge in [0.25, 0.3) is 0 Å². The minimum Gasteiger partial charge on any atom is -0.508 e. The summed E-state index contributed by atoms with van der Waals surface area (Å²) in [5, 5.41) is 22.4. The molecule has 1 amide bonds. The molecule has 1 unspecified atom stereocenters. The third kappa shape index (κ3) is 5.31. The van der Waals surface area contributed by atoms with Crippen LogP contribution in [0.4, 0.5) is 0 Å². The first kappa shape index (κ1) is 17.4. The highest BCUT2D eigenvalue weighted by Gasteiger charge is 2.20. The maximum Gasteiger partial charge on any atom is 0.225 e. The number of phenols is 1. The Hall–Kier alpha value is -1.67. The second-order valence-electron chi connectivity index (χ2n) is 4.56. The lowest BCUT2D eigenvalue weighted by Crippen LogP contribution is -2.31. The standard InChI is InChI=1S/C14H22N2O5/c1-20-14(21-2)12(18)7-10-4-3-9(5-11(10)17)6-13(19)16-8-15/h3-5,12,14,17-18H,6-8,15H2,1-2H3,(H,16,19). The molecule has 0 saturated heterocycles. The summed E-state index contributed by atoms with van der Waals surface area (Å²) in [4.78, 5) is 11.4. The van der Waals surface area contributed by atoms with Gasteiger partial charge in [-0.2, -0.15) is 0 Å². The average Bonchev–Trinajstić information content (AvgIpc) is 2.43. The van der Waals surface area contributed by atoms with Crippen molar-refractivity contribution in [3.8, 4) is 5.75 Å². The van der Waals surface area contributed by atoms with Crippen molar-refractivity contribution in [3.63, 3.8) is 0 Å². The van der Waals surface area contributed by atoms with Gasteiger partial charge in [-0.1, -0.05) is 12.1 Å². The van der Waals surface area contributed by atoms with E-state index in [0.717, 1.165) is 0 Å². The van der Waals surface area contributed by atoms with Crippen LogP contribution < -0.4 is 11.1 Å². The van der Waals surface area contributed by atoms with Crippen LogP contribution in [0.3, 0.4) is 0 Å². The summed E-state index contributed by atoms with van der Waals surface area (Å²) >= 11 is 0. The van der Waals surface area contributed by atoms with E-state index >= 15 is 0 Å². The summed E-state index contributed by atoms with van der Waals surface area (Å²) < 4.78 is 9.92. The van der Waals surface area contributed by atoms with Crippen LogP contribution >= 0.6 is 0 Å². The number of aliphatic hydroxyl groups excluding tert-OH is 1. The lowest BCUT2D eigenvalue weighted by Gasteiger charge is -2.20. The van der Waals surface area contributed by atoms with Crippen molar-refractivity contribution in [1.82, 2.24) is 5.32 Å². The zero-order chi connectivity index (χ0) is 15.8. The predicted octanol–water partition coefficient (Wildman–Crippen LogP) is -0.511. The first-order valence-corrected chi connectivity index (χ1v) is 6.53. The van der Waals surface area contributed by atoms with E-state index in [1.807, 2.05) is 0 Å². The number of rotatable bonds is 8. The van der Waals surface area contributed by atoms with E-state index < -0.39 is 12.4 Å². The summed E-state index contributed by atoms with van der Waals surface area (Å²) in [6, 6.07) is 4.87. The molecule has 0 radical (unpaired) electrons. The van der Waals surface area contributed by atoms with Crippen molar-refractivity contribution >= 4 is 5.91 Å². The summed E-state index contributed by atoms with van der Waals surface area (Å²) in [5.41, 5.74) is 6.42. The highest BCUT2D eigenvalue weighted by molar-refractivity contribution is 5.78. The van der Waals surface area contributed by atoms with Gasteiger partial charge in [-0.3, -0.25) is 4.79 Å². The van der Waals surface area contributed by atoms with Crippen molar-refractivity contribution in [2.75, 3.05) is 20.9 Å². The maximum absolute atomic E-state index is 11.4. The van der Waals surface area contributed by atoms with Gasteiger partial charge in [0.05, 0.1) is 13.1 Å². The number of amides is 1. The number of carbonyl (C=O) groups is 1. The normalized spacial score (nSPS) is 12.4. The van der Waals surface area contributed by atoms with Gasteiger partial charge < -0.3 is 30.7 Å². The smallest absolute Gasteiger partial charge is 0.225 e. The molecule has 0 spiro atoms. The Morgan fingerprint density at radius 1 is 1.38 bits per heavy atom. The molecule has 7 nitrogen and oxygen atoms in total. The van der Waals surface area contributed by atoms with Crippen LogP contribution in [0.15, 0.2) is 18.2 Å². The van der Waals surface area contributed by atoms with Crippen LogP contribution in [0, 0.1) is 0 Å². The highest BCUT2D eigenvalue weighted by atomic mass is 16.7. The predicted molar refractivity (Wildman–Crippen MR) is 76.5 cm³/mol. The molecule has 118 valence electrons. The van der Waals surface area contributed by atoms with Crippen molar-refractivity contribution in [2.45, 2.75) is 25.2 Å². The fourth-order valence-corrected chi connectivity index (χ4v) is 1.99. The van der Waals surface area contributed by atoms with Gasteiger partial charge >= 0.3 is 0 Å². The van der Waals surface area contributed by atoms with Crippen molar-refractivity contribution < 1.29 is 24.5 Å². The van der Waals surface area contributed by atoms with Crippen LogP contribution in [0.25, 0.3) is 0 Å². The molecule has 0 bridgehead atoms. The van der Waals surface area contributed by atoms with Crippen molar-refractivity contribution in [2.24, 2.45) is 5.73 Å². The topological polar surface area (TPSA) is 114 Å². The lowest BCUT2D eigenvalue weighted by atomic mass is 10.0. The summed E-state index contributed by atoms with van der Waals surface area (Å²) in [6.45, 7) is 0.0739. The molecular formula is C14H22N2O5. The van der Waals surface area contributed by atoms with Gasteiger partial charge in [-0.05, 0) is 17.2 Å². The van der Waals surface area contributed by atoms with E-state index in [-0.39, 0.29) is 31.2 Å². The second-order valence-corrected chi connectivity index (χ2v) is 4.56. The Kier molecular flexibility index (Phi) is 7.10. The SMILES string of the molecule is COC(OC)C(O)Cc1ccc(CC(=O)NCN)cc1O. The Balaban J connectivity index is 2.72. The Morgan fingerprint density at radius 2 is 2.05 bits per heavy atom.